The lowest BCUT2D eigenvalue weighted by molar-refractivity contribution is 0.112. The van der Waals surface area contributed by atoms with E-state index in [1.54, 1.807) is 6.07 Å². The van der Waals surface area contributed by atoms with Crippen molar-refractivity contribution in [2.75, 3.05) is 0 Å². The smallest absolute Gasteiger partial charge is 0.298 e. The van der Waals surface area contributed by atoms with Gasteiger partial charge in [-0.05, 0) is 24.1 Å². The van der Waals surface area contributed by atoms with Gasteiger partial charge < -0.3 is 4.52 Å². The summed E-state index contributed by atoms with van der Waals surface area (Å²) < 4.78 is 68.9. The van der Waals surface area contributed by atoms with Crippen molar-refractivity contribution in [1.82, 2.24) is 9.88 Å². The van der Waals surface area contributed by atoms with Crippen molar-refractivity contribution in [3.63, 3.8) is 0 Å². The fourth-order valence-corrected chi connectivity index (χ4v) is 4.01. The van der Waals surface area contributed by atoms with E-state index in [0.717, 1.165) is 6.07 Å². The van der Waals surface area contributed by atoms with Crippen LogP contribution in [0.4, 0.5) is 13.2 Å². The molecule has 124 valence electrons. The van der Waals surface area contributed by atoms with E-state index in [1.165, 1.54) is 18.2 Å². The van der Waals surface area contributed by atoms with E-state index in [4.69, 9.17) is 0 Å². The number of hydrogen-bond acceptors (Lipinski definition) is 4. The normalized spacial score (nSPS) is 20.9. The zero-order valence-electron chi connectivity index (χ0n) is 11.7. The van der Waals surface area contributed by atoms with Gasteiger partial charge in [0.25, 0.3) is 6.43 Å². The highest BCUT2D eigenvalue weighted by molar-refractivity contribution is 7.90. The minimum Gasteiger partial charge on any atom is -0.355 e. The second-order valence-corrected chi connectivity index (χ2v) is 7.31. The van der Waals surface area contributed by atoms with E-state index in [2.05, 4.69) is 14.4 Å². The lowest BCUT2D eigenvalue weighted by Gasteiger charge is -2.05. The van der Waals surface area contributed by atoms with Crippen LogP contribution in [-0.4, -0.2) is 18.8 Å². The van der Waals surface area contributed by atoms with Gasteiger partial charge in [0.2, 0.25) is 15.8 Å². The number of alkyl halides is 2. The van der Waals surface area contributed by atoms with Crippen LogP contribution >= 0.6 is 0 Å². The predicted molar refractivity (Wildman–Crippen MR) is 74.8 cm³/mol. The van der Waals surface area contributed by atoms with E-state index in [9.17, 15) is 21.6 Å². The zero-order valence-corrected chi connectivity index (χ0v) is 12.6. The third-order valence-corrected chi connectivity index (χ3v) is 5.52. The molecule has 2 atom stereocenters. The van der Waals surface area contributed by atoms with Crippen molar-refractivity contribution in [3.8, 4) is 0 Å². The minimum absolute atomic E-state index is 0.0758. The summed E-state index contributed by atoms with van der Waals surface area (Å²) in [6.07, 6.45) is -2.41. The Morgan fingerprint density at radius 2 is 2.13 bits per heavy atom. The first-order valence-corrected chi connectivity index (χ1v) is 8.39. The zero-order chi connectivity index (χ0) is 16.6. The van der Waals surface area contributed by atoms with Gasteiger partial charge in [-0.2, -0.15) is 0 Å². The number of aromatic nitrogens is 1. The van der Waals surface area contributed by atoms with Crippen molar-refractivity contribution < 1.29 is 26.1 Å². The molecule has 1 aromatic carbocycles. The van der Waals surface area contributed by atoms with E-state index in [0.29, 0.717) is 12.0 Å². The number of nitrogens with zero attached hydrogens (tertiary/aromatic N) is 1. The Kier molecular flexibility index (Phi) is 4.15. The monoisotopic (exact) mass is 346 g/mol. The van der Waals surface area contributed by atoms with Gasteiger partial charge in [-0.1, -0.05) is 17.3 Å². The Hall–Kier alpha value is -1.87. The van der Waals surface area contributed by atoms with Crippen LogP contribution in [0.1, 0.15) is 35.8 Å². The summed E-state index contributed by atoms with van der Waals surface area (Å²) in [6.45, 7) is -0.231. The molecule has 1 aliphatic carbocycles. The van der Waals surface area contributed by atoms with Gasteiger partial charge in [0.15, 0.2) is 0 Å². The quantitative estimate of drug-likeness (QED) is 0.873. The molecule has 0 aliphatic heterocycles. The number of benzene rings is 1. The first-order valence-electron chi connectivity index (χ1n) is 6.84. The largest absolute Gasteiger partial charge is 0.355 e. The summed E-state index contributed by atoms with van der Waals surface area (Å²) in [4.78, 5) is 0. The maximum atomic E-state index is 13.2. The minimum atomic E-state index is -3.65. The molecule has 0 amide bonds. The summed E-state index contributed by atoms with van der Waals surface area (Å²) >= 11 is 0. The summed E-state index contributed by atoms with van der Waals surface area (Å²) in [5.74, 6) is -1.29. The van der Waals surface area contributed by atoms with Gasteiger partial charge >= 0.3 is 0 Å². The lowest BCUT2D eigenvalue weighted by Crippen LogP contribution is -2.27. The van der Waals surface area contributed by atoms with Crippen molar-refractivity contribution in [2.24, 2.45) is 0 Å². The van der Waals surface area contributed by atoms with Crippen molar-refractivity contribution >= 4 is 10.0 Å². The molecule has 1 fully saturated rings. The second kappa shape index (κ2) is 5.97. The van der Waals surface area contributed by atoms with Crippen molar-refractivity contribution in [3.05, 3.63) is 53.2 Å². The van der Waals surface area contributed by atoms with Crippen molar-refractivity contribution in [2.45, 2.75) is 30.6 Å². The molecule has 5 nitrogen and oxygen atoms in total. The van der Waals surface area contributed by atoms with Crippen LogP contribution in [0, 0.1) is 5.82 Å². The third kappa shape index (κ3) is 3.56. The standard InChI is InChI=1S/C14H13F3N2O3S/c15-9-3-1-2-8(4-9)11-6-13(11)23(20,21)18-7-10-5-12(14(16)17)22-19-10/h1-5,11,13-14,18H,6-7H2. The summed E-state index contributed by atoms with van der Waals surface area (Å²) in [6, 6.07) is 6.81. The molecule has 0 spiro atoms. The third-order valence-electron chi connectivity index (χ3n) is 3.65. The topological polar surface area (TPSA) is 72.2 Å². The van der Waals surface area contributed by atoms with Gasteiger partial charge in [-0.3, -0.25) is 0 Å². The average Bonchev–Trinajstić information content (AvgIpc) is 3.17. The van der Waals surface area contributed by atoms with E-state index < -0.39 is 33.3 Å². The SMILES string of the molecule is O=S(=O)(NCc1cc(C(F)F)on1)C1CC1c1cccc(F)c1. The van der Waals surface area contributed by atoms with Gasteiger partial charge in [0.05, 0.1) is 17.5 Å². The summed E-state index contributed by atoms with van der Waals surface area (Å²) in [5.41, 5.74) is 0.702. The highest BCUT2D eigenvalue weighted by atomic mass is 32.2. The van der Waals surface area contributed by atoms with Gasteiger partial charge in [-0.15, -0.1) is 0 Å². The maximum Gasteiger partial charge on any atom is 0.298 e. The van der Waals surface area contributed by atoms with Crippen LogP contribution < -0.4 is 4.72 Å². The molecule has 0 bridgehead atoms. The van der Waals surface area contributed by atoms with Crippen LogP contribution in [0.25, 0.3) is 0 Å². The predicted octanol–water partition coefficient (Wildman–Crippen LogP) is 2.73. The molecule has 2 aromatic rings. The summed E-state index contributed by atoms with van der Waals surface area (Å²) in [7, 11) is -3.65. The molecule has 23 heavy (non-hydrogen) atoms. The Morgan fingerprint density at radius 3 is 2.78 bits per heavy atom. The van der Waals surface area contributed by atoms with Crippen molar-refractivity contribution in [1.29, 1.82) is 0 Å². The lowest BCUT2D eigenvalue weighted by atomic mass is 10.1. The fourth-order valence-electron chi connectivity index (χ4n) is 2.40. The Balaban J connectivity index is 1.62. The number of nitrogens with one attached hydrogen (secondary N) is 1. The second-order valence-electron chi connectivity index (χ2n) is 5.32. The molecule has 3 rings (SSSR count). The van der Waals surface area contributed by atoms with Gasteiger partial charge in [0.1, 0.15) is 5.82 Å². The number of hydrogen-bond donors (Lipinski definition) is 1. The van der Waals surface area contributed by atoms with Crippen LogP contribution in [0.5, 0.6) is 0 Å². The number of halogens is 3. The van der Waals surface area contributed by atoms with E-state index >= 15 is 0 Å². The fraction of sp³-hybridized carbons (Fsp3) is 0.357. The molecule has 0 saturated heterocycles. The van der Waals surface area contributed by atoms with Gasteiger partial charge in [-0.25, -0.2) is 26.3 Å². The molecule has 9 heteroatoms. The summed E-state index contributed by atoms with van der Waals surface area (Å²) in [5, 5.41) is 2.72. The molecule has 1 N–H and O–H groups in total. The number of rotatable bonds is 6. The molecule has 1 aliphatic rings. The van der Waals surface area contributed by atoms with Crippen LogP contribution in [0.15, 0.2) is 34.9 Å². The highest BCUT2D eigenvalue weighted by Crippen LogP contribution is 2.45. The Bertz CT molecular complexity index is 807. The first kappa shape index (κ1) is 16.0. The Labute approximate surface area is 130 Å². The first-order chi connectivity index (χ1) is 10.9. The van der Waals surface area contributed by atoms with Crippen LogP contribution in [-0.2, 0) is 16.6 Å². The maximum absolute atomic E-state index is 13.2. The highest BCUT2D eigenvalue weighted by Gasteiger charge is 2.48. The van der Waals surface area contributed by atoms with Crippen LogP contribution in [0.2, 0.25) is 0 Å². The molecular formula is C14H13F3N2O3S. The van der Waals surface area contributed by atoms with E-state index in [-0.39, 0.29) is 18.2 Å². The molecule has 0 radical (unpaired) electrons. The Morgan fingerprint density at radius 1 is 1.35 bits per heavy atom. The molecule has 1 saturated carbocycles. The molecular weight excluding hydrogens is 333 g/mol. The molecule has 1 aromatic heterocycles. The van der Waals surface area contributed by atoms with E-state index in [1.807, 2.05) is 0 Å². The van der Waals surface area contributed by atoms with Crippen LogP contribution in [0.3, 0.4) is 0 Å². The molecule has 2 unspecified atom stereocenters. The molecule has 1 heterocycles. The number of sulfonamides is 1. The van der Waals surface area contributed by atoms with Gasteiger partial charge in [0, 0.05) is 12.0 Å². The average molecular weight is 346 g/mol.